The lowest BCUT2D eigenvalue weighted by atomic mass is 10.1. The van der Waals surface area contributed by atoms with Gasteiger partial charge in [0.05, 0.1) is 24.8 Å². The quantitative estimate of drug-likeness (QED) is 0.525. The molecule has 0 atom stereocenters. The van der Waals surface area contributed by atoms with Crippen molar-refractivity contribution < 1.29 is 33.4 Å². The molecule has 0 saturated carbocycles. The number of H-pyrrole nitrogens is 1. The summed E-state index contributed by atoms with van der Waals surface area (Å²) < 4.78 is 14.7. The van der Waals surface area contributed by atoms with Crippen LogP contribution in [-0.2, 0) is 19.0 Å². The van der Waals surface area contributed by atoms with E-state index in [0.717, 1.165) is 5.56 Å². The SMILES string of the molecule is CCOC(=O)c1c(C)[nH]c(C(=O)OCC(=O)Nc2cc(C(=O)OC)ccc2C)c1C. The molecule has 0 unspecified atom stereocenters. The molecule has 1 aromatic carbocycles. The van der Waals surface area contributed by atoms with E-state index in [1.54, 1.807) is 39.8 Å². The van der Waals surface area contributed by atoms with Crippen molar-refractivity contribution in [2.75, 3.05) is 25.6 Å². The second kappa shape index (κ2) is 9.73. The van der Waals surface area contributed by atoms with E-state index in [1.165, 1.54) is 13.2 Å². The number of hydrogen-bond acceptors (Lipinski definition) is 7. The first kappa shape index (κ1) is 22.7. The Morgan fingerprint density at radius 1 is 1.00 bits per heavy atom. The van der Waals surface area contributed by atoms with Gasteiger partial charge in [-0.25, -0.2) is 14.4 Å². The summed E-state index contributed by atoms with van der Waals surface area (Å²) in [6, 6.07) is 4.72. The van der Waals surface area contributed by atoms with Crippen molar-refractivity contribution >= 4 is 29.5 Å². The van der Waals surface area contributed by atoms with Gasteiger partial charge in [-0.2, -0.15) is 0 Å². The van der Waals surface area contributed by atoms with E-state index in [1.807, 2.05) is 0 Å². The predicted octanol–water partition coefficient (Wildman–Crippen LogP) is 2.70. The number of benzene rings is 1. The molecule has 0 aliphatic rings. The fourth-order valence-electron chi connectivity index (χ4n) is 2.85. The minimum atomic E-state index is -0.777. The lowest BCUT2D eigenvalue weighted by Gasteiger charge is -2.10. The molecular weight excluding hydrogens is 392 g/mol. The normalized spacial score (nSPS) is 10.3. The van der Waals surface area contributed by atoms with Crippen LogP contribution in [0.5, 0.6) is 0 Å². The Bertz CT molecular complexity index is 991. The lowest BCUT2D eigenvalue weighted by molar-refractivity contribution is -0.119. The maximum atomic E-state index is 12.4. The molecule has 1 aromatic heterocycles. The van der Waals surface area contributed by atoms with Crippen LogP contribution in [0.2, 0.25) is 0 Å². The van der Waals surface area contributed by atoms with Crippen LogP contribution in [0.15, 0.2) is 18.2 Å². The molecule has 0 bridgehead atoms. The number of aromatic nitrogens is 1. The van der Waals surface area contributed by atoms with Crippen molar-refractivity contribution in [3.63, 3.8) is 0 Å². The second-order valence-corrected chi connectivity index (χ2v) is 6.49. The van der Waals surface area contributed by atoms with Gasteiger partial charge in [-0.1, -0.05) is 6.07 Å². The molecular formula is C21H24N2O7. The maximum Gasteiger partial charge on any atom is 0.355 e. The van der Waals surface area contributed by atoms with E-state index in [9.17, 15) is 19.2 Å². The third kappa shape index (κ3) is 5.05. The number of aryl methyl sites for hydroxylation is 2. The molecule has 0 fully saturated rings. The van der Waals surface area contributed by atoms with Gasteiger partial charge in [0.25, 0.3) is 5.91 Å². The van der Waals surface area contributed by atoms with Crippen LogP contribution in [0, 0.1) is 20.8 Å². The topological polar surface area (TPSA) is 124 Å². The fourth-order valence-corrected chi connectivity index (χ4v) is 2.85. The molecule has 0 radical (unpaired) electrons. The summed E-state index contributed by atoms with van der Waals surface area (Å²) in [7, 11) is 1.26. The zero-order chi connectivity index (χ0) is 22.4. The van der Waals surface area contributed by atoms with Gasteiger partial charge in [0.15, 0.2) is 6.61 Å². The largest absolute Gasteiger partial charge is 0.465 e. The van der Waals surface area contributed by atoms with Crippen LogP contribution in [0.25, 0.3) is 0 Å². The Morgan fingerprint density at radius 2 is 1.70 bits per heavy atom. The van der Waals surface area contributed by atoms with Gasteiger partial charge >= 0.3 is 17.9 Å². The van der Waals surface area contributed by atoms with E-state index in [4.69, 9.17) is 9.47 Å². The first-order chi connectivity index (χ1) is 14.2. The van der Waals surface area contributed by atoms with Crippen LogP contribution in [0.1, 0.15) is 54.9 Å². The first-order valence-electron chi connectivity index (χ1n) is 9.21. The van der Waals surface area contributed by atoms with Crippen LogP contribution in [0.3, 0.4) is 0 Å². The van der Waals surface area contributed by atoms with Crippen LogP contribution in [0.4, 0.5) is 5.69 Å². The molecule has 0 aliphatic carbocycles. The highest BCUT2D eigenvalue weighted by molar-refractivity contribution is 6.00. The molecule has 0 aliphatic heterocycles. The molecule has 9 heteroatoms. The molecule has 1 heterocycles. The van der Waals surface area contributed by atoms with Gasteiger partial charge in [-0.3, -0.25) is 4.79 Å². The average Bonchev–Trinajstić information content (AvgIpc) is 3.01. The highest BCUT2D eigenvalue weighted by atomic mass is 16.5. The molecule has 9 nitrogen and oxygen atoms in total. The van der Waals surface area contributed by atoms with E-state index >= 15 is 0 Å². The van der Waals surface area contributed by atoms with Crippen LogP contribution in [-0.4, -0.2) is 49.1 Å². The summed E-state index contributed by atoms with van der Waals surface area (Å²) >= 11 is 0. The van der Waals surface area contributed by atoms with Crippen molar-refractivity contribution in [2.45, 2.75) is 27.7 Å². The van der Waals surface area contributed by atoms with E-state index < -0.39 is 30.4 Å². The van der Waals surface area contributed by atoms with Gasteiger partial charge < -0.3 is 24.5 Å². The zero-order valence-electron chi connectivity index (χ0n) is 17.5. The number of nitrogens with one attached hydrogen (secondary N) is 2. The van der Waals surface area contributed by atoms with Crippen molar-refractivity contribution in [3.8, 4) is 0 Å². The average molecular weight is 416 g/mol. The number of carbonyl (C=O) groups is 4. The van der Waals surface area contributed by atoms with Crippen LogP contribution < -0.4 is 5.32 Å². The first-order valence-corrected chi connectivity index (χ1v) is 9.21. The number of methoxy groups -OCH3 is 1. The number of anilines is 1. The Balaban J connectivity index is 2.05. The lowest BCUT2D eigenvalue weighted by Crippen LogP contribution is -2.22. The number of aromatic amines is 1. The smallest absolute Gasteiger partial charge is 0.355 e. The van der Waals surface area contributed by atoms with Gasteiger partial charge in [-0.05, 0) is 51.0 Å². The fraction of sp³-hybridized carbons (Fsp3) is 0.333. The summed E-state index contributed by atoms with van der Waals surface area (Å²) in [5.74, 6) is -2.44. The van der Waals surface area contributed by atoms with Gasteiger partial charge in [0.1, 0.15) is 5.69 Å². The molecule has 2 aromatic rings. The highest BCUT2D eigenvalue weighted by Crippen LogP contribution is 2.20. The third-order valence-corrected chi connectivity index (χ3v) is 4.39. The molecule has 0 spiro atoms. The Hall–Kier alpha value is -3.62. The van der Waals surface area contributed by atoms with Gasteiger partial charge in [-0.15, -0.1) is 0 Å². The number of carbonyl (C=O) groups excluding carboxylic acids is 4. The van der Waals surface area contributed by atoms with Crippen molar-refractivity contribution in [2.24, 2.45) is 0 Å². The van der Waals surface area contributed by atoms with Crippen molar-refractivity contribution in [1.82, 2.24) is 4.98 Å². The number of esters is 3. The molecule has 2 N–H and O–H groups in total. The Kier molecular flexibility index (Phi) is 7.35. The number of amides is 1. The monoisotopic (exact) mass is 416 g/mol. The molecule has 160 valence electrons. The Labute approximate surface area is 173 Å². The molecule has 0 saturated heterocycles. The zero-order valence-corrected chi connectivity index (χ0v) is 17.5. The highest BCUT2D eigenvalue weighted by Gasteiger charge is 2.24. The minimum Gasteiger partial charge on any atom is -0.465 e. The minimum absolute atomic E-state index is 0.0761. The second-order valence-electron chi connectivity index (χ2n) is 6.49. The van der Waals surface area contributed by atoms with Crippen molar-refractivity contribution in [3.05, 3.63) is 51.8 Å². The summed E-state index contributed by atoms with van der Waals surface area (Å²) in [5.41, 5.74) is 2.60. The summed E-state index contributed by atoms with van der Waals surface area (Å²) in [5, 5.41) is 2.59. The predicted molar refractivity (Wildman–Crippen MR) is 108 cm³/mol. The van der Waals surface area contributed by atoms with Crippen LogP contribution >= 0.6 is 0 Å². The van der Waals surface area contributed by atoms with Gasteiger partial charge in [0, 0.05) is 11.4 Å². The number of ether oxygens (including phenoxy) is 3. The van der Waals surface area contributed by atoms with Crippen molar-refractivity contribution in [1.29, 1.82) is 0 Å². The Morgan fingerprint density at radius 3 is 2.33 bits per heavy atom. The summed E-state index contributed by atoms with van der Waals surface area (Å²) in [6.07, 6.45) is 0. The van der Waals surface area contributed by atoms with E-state index in [2.05, 4.69) is 15.0 Å². The van der Waals surface area contributed by atoms with E-state index in [0.29, 0.717) is 16.9 Å². The van der Waals surface area contributed by atoms with Gasteiger partial charge in [0.2, 0.25) is 0 Å². The number of rotatable bonds is 7. The summed E-state index contributed by atoms with van der Waals surface area (Å²) in [4.78, 5) is 51.1. The van der Waals surface area contributed by atoms with E-state index in [-0.39, 0.29) is 23.4 Å². The maximum absolute atomic E-state index is 12.4. The standard InChI is InChI=1S/C21H24N2O7/c1-6-29-20(26)17-12(3)18(22-13(17)4)21(27)30-10-16(24)23-15-9-14(19(25)28-5)8-7-11(15)2/h7-9,22H,6,10H2,1-5H3,(H,23,24). The summed E-state index contributed by atoms with van der Waals surface area (Å²) in [6.45, 7) is 6.33. The third-order valence-electron chi connectivity index (χ3n) is 4.39. The number of hydrogen-bond donors (Lipinski definition) is 2. The molecule has 2 rings (SSSR count). The molecule has 30 heavy (non-hydrogen) atoms. The molecule has 1 amide bonds.